The van der Waals surface area contributed by atoms with E-state index in [1.54, 1.807) is 13.3 Å². The minimum Gasteiger partial charge on any atom is -0.493 e. The first kappa shape index (κ1) is 22.1. The first-order valence-corrected chi connectivity index (χ1v) is 10.8. The van der Waals surface area contributed by atoms with Gasteiger partial charge in [-0.2, -0.15) is 4.98 Å². The Morgan fingerprint density at radius 2 is 2.00 bits per heavy atom. The molecule has 0 amide bonds. The summed E-state index contributed by atoms with van der Waals surface area (Å²) in [6.45, 7) is 6.70. The highest BCUT2D eigenvalue weighted by molar-refractivity contribution is 5.45. The van der Waals surface area contributed by atoms with E-state index in [2.05, 4.69) is 38.9 Å². The number of hydrogen-bond donors (Lipinski definition) is 0. The standard InChI is InChI=1S/C23H28FN5O3/c1-16(2)15-31-19-5-4-17(12-20(19)30-3)14-29-10-6-23(24,7-11-29)22-27-21(28-32-22)18-13-25-8-9-26-18/h4-5,8-9,12-13,16H,6-7,10-11,14-15H2,1-3H3. The predicted octanol–water partition coefficient (Wildman–Crippen LogP) is 4.03. The number of rotatable bonds is 8. The van der Waals surface area contributed by atoms with Gasteiger partial charge in [-0.25, -0.2) is 9.37 Å². The molecule has 32 heavy (non-hydrogen) atoms. The van der Waals surface area contributed by atoms with Crippen molar-refractivity contribution >= 4 is 0 Å². The zero-order valence-electron chi connectivity index (χ0n) is 18.6. The van der Waals surface area contributed by atoms with Crippen molar-refractivity contribution in [3.05, 3.63) is 48.2 Å². The third kappa shape index (κ3) is 5.04. The number of aromatic nitrogens is 4. The number of nitrogens with zero attached hydrogens (tertiary/aromatic N) is 5. The summed E-state index contributed by atoms with van der Waals surface area (Å²) >= 11 is 0. The minimum absolute atomic E-state index is 0.00567. The minimum atomic E-state index is -1.64. The topological polar surface area (TPSA) is 86.4 Å². The van der Waals surface area contributed by atoms with Crippen molar-refractivity contribution in [2.45, 2.75) is 38.9 Å². The van der Waals surface area contributed by atoms with Gasteiger partial charge in [0.2, 0.25) is 5.82 Å². The Labute approximate surface area is 186 Å². The summed E-state index contributed by atoms with van der Waals surface area (Å²) in [6.07, 6.45) is 5.17. The van der Waals surface area contributed by atoms with Crippen molar-refractivity contribution < 1.29 is 18.4 Å². The Kier molecular flexibility index (Phi) is 6.64. The molecule has 3 heterocycles. The second-order valence-corrected chi connectivity index (χ2v) is 8.45. The normalized spacial score (nSPS) is 16.3. The summed E-state index contributed by atoms with van der Waals surface area (Å²) in [5.41, 5.74) is -0.0953. The molecule has 3 aromatic rings. The summed E-state index contributed by atoms with van der Waals surface area (Å²) < 4.78 is 32.1. The Morgan fingerprint density at radius 1 is 1.19 bits per heavy atom. The second-order valence-electron chi connectivity index (χ2n) is 8.45. The SMILES string of the molecule is COc1cc(CN2CCC(F)(c3nc(-c4cnccn4)no3)CC2)ccc1OCC(C)C. The molecule has 4 rings (SSSR count). The lowest BCUT2D eigenvalue weighted by Crippen LogP contribution is -2.40. The molecule has 170 valence electrons. The maximum atomic E-state index is 15.6. The van der Waals surface area contributed by atoms with Gasteiger partial charge in [-0.15, -0.1) is 0 Å². The van der Waals surface area contributed by atoms with Gasteiger partial charge < -0.3 is 14.0 Å². The van der Waals surface area contributed by atoms with Gasteiger partial charge in [-0.3, -0.25) is 9.88 Å². The van der Waals surface area contributed by atoms with Crippen molar-refractivity contribution in [2.24, 2.45) is 5.92 Å². The molecule has 0 N–H and O–H groups in total. The molecule has 0 radical (unpaired) electrons. The third-order valence-corrected chi connectivity index (χ3v) is 5.46. The van der Waals surface area contributed by atoms with Gasteiger partial charge in [-0.1, -0.05) is 25.1 Å². The molecule has 1 saturated heterocycles. The number of piperidine rings is 1. The Bertz CT molecular complexity index is 1020. The van der Waals surface area contributed by atoms with Crippen molar-refractivity contribution in [1.29, 1.82) is 0 Å². The zero-order chi connectivity index (χ0) is 22.6. The largest absolute Gasteiger partial charge is 0.493 e. The fourth-order valence-corrected chi connectivity index (χ4v) is 3.65. The molecule has 2 aromatic heterocycles. The van der Waals surface area contributed by atoms with E-state index in [9.17, 15) is 0 Å². The number of benzene rings is 1. The van der Waals surface area contributed by atoms with E-state index in [1.807, 2.05) is 18.2 Å². The van der Waals surface area contributed by atoms with Crippen LogP contribution in [-0.2, 0) is 12.2 Å². The fraction of sp³-hybridized carbons (Fsp3) is 0.478. The predicted molar refractivity (Wildman–Crippen MR) is 116 cm³/mol. The Hall–Kier alpha value is -3.07. The van der Waals surface area contributed by atoms with Crippen LogP contribution in [0.25, 0.3) is 11.5 Å². The fourth-order valence-electron chi connectivity index (χ4n) is 3.65. The summed E-state index contributed by atoms with van der Waals surface area (Å²) in [6, 6.07) is 5.95. The summed E-state index contributed by atoms with van der Waals surface area (Å²) in [5.74, 6) is 2.14. The van der Waals surface area contributed by atoms with Crippen LogP contribution in [-0.4, -0.2) is 51.8 Å². The number of methoxy groups -OCH3 is 1. The van der Waals surface area contributed by atoms with Gasteiger partial charge in [0, 0.05) is 44.9 Å². The van der Waals surface area contributed by atoms with E-state index in [4.69, 9.17) is 14.0 Å². The molecule has 0 unspecified atom stereocenters. The summed E-state index contributed by atoms with van der Waals surface area (Å²) in [5, 5.41) is 3.88. The van der Waals surface area contributed by atoms with Gasteiger partial charge in [-0.05, 0) is 23.6 Å². The molecule has 0 spiro atoms. The molecular formula is C23H28FN5O3. The van der Waals surface area contributed by atoms with E-state index in [1.165, 1.54) is 12.4 Å². The number of likely N-dealkylation sites (tertiary alicyclic amines) is 1. The zero-order valence-corrected chi connectivity index (χ0v) is 18.6. The second kappa shape index (κ2) is 9.60. The van der Waals surface area contributed by atoms with Crippen LogP contribution in [0.4, 0.5) is 4.39 Å². The highest BCUT2D eigenvalue weighted by Crippen LogP contribution is 2.37. The molecule has 8 nitrogen and oxygen atoms in total. The van der Waals surface area contributed by atoms with Gasteiger partial charge >= 0.3 is 0 Å². The van der Waals surface area contributed by atoms with Gasteiger partial charge in [0.1, 0.15) is 5.69 Å². The van der Waals surface area contributed by atoms with Gasteiger partial charge in [0.05, 0.1) is 19.9 Å². The Morgan fingerprint density at radius 3 is 2.69 bits per heavy atom. The van der Waals surface area contributed by atoms with E-state index >= 15 is 4.39 Å². The average molecular weight is 442 g/mol. The quantitative estimate of drug-likeness (QED) is 0.518. The van der Waals surface area contributed by atoms with Crippen LogP contribution in [0.1, 0.15) is 38.1 Å². The third-order valence-electron chi connectivity index (χ3n) is 5.46. The molecular weight excluding hydrogens is 413 g/mol. The molecule has 1 fully saturated rings. The summed E-state index contributed by atoms with van der Waals surface area (Å²) in [4.78, 5) is 14.6. The lowest BCUT2D eigenvalue weighted by atomic mass is 9.93. The molecule has 1 aliphatic rings. The number of alkyl halides is 1. The van der Waals surface area contributed by atoms with Gasteiger partial charge in [0.15, 0.2) is 17.2 Å². The smallest absolute Gasteiger partial charge is 0.264 e. The van der Waals surface area contributed by atoms with Crippen LogP contribution in [0.3, 0.4) is 0 Å². The lowest BCUT2D eigenvalue weighted by Gasteiger charge is -2.34. The monoisotopic (exact) mass is 441 g/mol. The lowest BCUT2D eigenvalue weighted by molar-refractivity contribution is 0.0249. The van der Waals surface area contributed by atoms with Crippen LogP contribution in [0.5, 0.6) is 11.5 Å². The van der Waals surface area contributed by atoms with Crippen molar-refractivity contribution in [2.75, 3.05) is 26.8 Å². The molecule has 1 aliphatic heterocycles. The maximum Gasteiger partial charge on any atom is 0.264 e. The molecule has 0 atom stereocenters. The number of halogens is 1. The molecule has 0 bridgehead atoms. The van der Waals surface area contributed by atoms with E-state index < -0.39 is 5.67 Å². The van der Waals surface area contributed by atoms with E-state index in [0.717, 1.165) is 11.3 Å². The van der Waals surface area contributed by atoms with Crippen LogP contribution in [0, 0.1) is 5.92 Å². The first-order valence-electron chi connectivity index (χ1n) is 10.8. The molecule has 1 aromatic carbocycles. The first-order chi connectivity index (χ1) is 15.5. The van der Waals surface area contributed by atoms with Crippen LogP contribution in [0.2, 0.25) is 0 Å². The molecule has 9 heteroatoms. The van der Waals surface area contributed by atoms with Crippen LogP contribution >= 0.6 is 0 Å². The molecule has 0 aliphatic carbocycles. The van der Waals surface area contributed by atoms with Crippen LogP contribution < -0.4 is 9.47 Å². The maximum absolute atomic E-state index is 15.6. The van der Waals surface area contributed by atoms with Crippen molar-refractivity contribution in [3.63, 3.8) is 0 Å². The number of hydrogen-bond acceptors (Lipinski definition) is 8. The Balaban J connectivity index is 1.37. The van der Waals surface area contributed by atoms with Crippen molar-refractivity contribution in [1.82, 2.24) is 25.0 Å². The van der Waals surface area contributed by atoms with E-state index in [-0.39, 0.29) is 24.6 Å². The van der Waals surface area contributed by atoms with Crippen molar-refractivity contribution in [3.8, 4) is 23.0 Å². The molecule has 0 saturated carbocycles. The highest BCUT2D eigenvalue weighted by Gasteiger charge is 2.41. The van der Waals surface area contributed by atoms with Gasteiger partial charge in [0.25, 0.3) is 5.89 Å². The van der Waals surface area contributed by atoms with E-state index in [0.29, 0.717) is 43.6 Å². The number of ether oxygens (including phenoxy) is 2. The van der Waals surface area contributed by atoms with Crippen LogP contribution in [0.15, 0.2) is 41.3 Å². The highest BCUT2D eigenvalue weighted by atomic mass is 19.1. The summed E-state index contributed by atoms with van der Waals surface area (Å²) in [7, 11) is 1.64. The average Bonchev–Trinajstić information content (AvgIpc) is 3.31.